The smallest absolute Gasteiger partial charge is 0.549 e. The molecule has 0 heterocycles. The van der Waals surface area contributed by atoms with E-state index in [0.29, 0.717) is 19.5 Å². The van der Waals surface area contributed by atoms with Crippen molar-refractivity contribution in [2.24, 2.45) is 5.41 Å². The summed E-state index contributed by atoms with van der Waals surface area (Å²) < 4.78 is 0. The van der Waals surface area contributed by atoms with Gasteiger partial charge in [0.25, 0.3) is 0 Å². The molecule has 0 aromatic rings. The molecule has 0 bridgehead atoms. The summed E-state index contributed by atoms with van der Waals surface area (Å²) in [6, 6.07) is 0. The number of nitrogens with zero attached hydrogens (tertiary/aromatic N) is 1. The van der Waals surface area contributed by atoms with Gasteiger partial charge in [-0.25, -0.2) is 0 Å². The molecule has 0 spiro atoms. The van der Waals surface area contributed by atoms with E-state index in [9.17, 15) is 14.7 Å². The molecule has 0 aliphatic heterocycles. The van der Waals surface area contributed by atoms with Crippen molar-refractivity contribution >= 4 is 11.9 Å². The fraction of sp³-hybridized carbons (Fsp3) is 0.895. The van der Waals surface area contributed by atoms with Crippen LogP contribution in [-0.4, -0.2) is 29.9 Å². The third-order valence-electron chi connectivity index (χ3n) is 4.75. The van der Waals surface area contributed by atoms with Gasteiger partial charge in [0.2, 0.25) is 5.91 Å². The summed E-state index contributed by atoms with van der Waals surface area (Å²) in [5.41, 5.74) is -1.38. The molecule has 24 heavy (non-hydrogen) atoms. The number of aliphatic carboxylic acids is 1. The summed E-state index contributed by atoms with van der Waals surface area (Å²) >= 11 is 0. The molecule has 1 amide bonds. The number of amides is 1. The summed E-state index contributed by atoms with van der Waals surface area (Å²) in [6.45, 7) is 8.55. The van der Waals surface area contributed by atoms with Crippen molar-refractivity contribution in [2.45, 2.75) is 91.9 Å². The van der Waals surface area contributed by atoms with Gasteiger partial charge in [-0.2, -0.15) is 0 Å². The minimum Gasteiger partial charge on any atom is -0.549 e. The fourth-order valence-corrected chi connectivity index (χ4v) is 2.95. The molecule has 136 valence electrons. The zero-order valence-corrected chi connectivity index (χ0v) is 19.8. The van der Waals surface area contributed by atoms with Crippen molar-refractivity contribution in [2.75, 3.05) is 13.1 Å². The van der Waals surface area contributed by atoms with Crippen LogP contribution in [0.1, 0.15) is 91.9 Å². The SMILES string of the molecule is CCCCCCCCCCCC(C)(C(=O)[O-])C(=O)N(CC)CC.[K+]. The second kappa shape index (κ2) is 15.8. The van der Waals surface area contributed by atoms with E-state index in [1.54, 1.807) is 4.90 Å². The zero-order chi connectivity index (χ0) is 17.7. The Labute approximate surface area is 191 Å². The molecule has 0 aliphatic rings. The molecule has 0 radical (unpaired) electrons. The van der Waals surface area contributed by atoms with Crippen molar-refractivity contribution < 1.29 is 66.1 Å². The Morgan fingerprint density at radius 2 is 1.25 bits per heavy atom. The van der Waals surface area contributed by atoms with Crippen LogP contribution in [0.3, 0.4) is 0 Å². The summed E-state index contributed by atoms with van der Waals surface area (Å²) in [6.07, 6.45) is 10.9. The van der Waals surface area contributed by atoms with Crippen LogP contribution in [0.4, 0.5) is 0 Å². The Morgan fingerprint density at radius 1 is 0.833 bits per heavy atom. The van der Waals surface area contributed by atoms with Crippen molar-refractivity contribution in [3.8, 4) is 0 Å². The van der Waals surface area contributed by atoms with Crippen LogP contribution in [0.25, 0.3) is 0 Å². The number of carbonyl (C=O) groups excluding carboxylic acids is 2. The maximum atomic E-state index is 12.4. The number of carboxylic acids is 1. The average molecular weight is 366 g/mol. The van der Waals surface area contributed by atoms with Crippen molar-refractivity contribution in [3.05, 3.63) is 0 Å². The van der Waals surface area contributed by atoms with Gasteiger partial charge in [0.15, 0.2) is 0 Å². The third-order valence-corrected chi connectivity index (χ3v) is 4.75. The maximum Gasteiger partial charge on any atom is 1.00 e. The minimum absolute atomic E-state index is 0. The number of rotatable bonds is 14. The van der Waals surface area contributed by atoms with Crippen LogP contribution in [0, 0.1) is 5.41 Å². The van der Waals surface area contributed by atoms with Crippen molar-refractivity contribution in [1.82, 2.24) is 4.90 Å². The second-order valence-corrected chi connectivity index (χ2v) is 6.68. The maximum absolute atomic E-state index is 12.4. The quantitative estimate of drug-likeness (QED) is 0.256. The summed E-state index contributed by atoms with van der Waals surface area (Å²) in [7, 11) is 0. The minimum atomic E-state index is -1.38. The predicted molar refractivity (Wildman–Crippen MR) is 92.9 cm³/mol. The van der Waals surface area contributed by atoms with Gasteiger partial charge in [-0.3, -0.25) is 4.79 Å². The van der Waals surface area contributed by atoms with Crippen LogP contribution in [-0.2, 0) is 9.59 Å². The normalized spacial score (nSPS) is 13.0. The Kier molecular flexibility index (Phi) is 17.6. The van der Waals surface area contributed by atoms with Crippen LogP contribution in [0.5, 0.6) is 0 Å². The van der Waals surface area contributed by atoms with E-state index in [-0.39, 0.29) is 57.3 Å². The summed E-state index contributed by atoms with van der Waals surface area (Å²) in [5, 5.41) is 11.5. The largest absolute Gasteiger partial charge is 1.00 e. The monoisotopic (exact) mass is 365 g/mol. The van der Waals surface area contributed by atoms with Crippen molar-refractivity contribution in [1.29, 1.82) is 0 Å². The Balaban J connectivity index is 0. The first-order valence-corrected chi connectivity index (χ1v) is 9.44. The number of hydrogen-bond donors (Lipinski definition) is 0. The molecule has 0 saturated heterocycles. The van der Waals surface area contributed by atoms with Crippen LogP contribution >= 0.6 is 0 Å². The third kappa shape index (κ3) is 9.90. The molecular weight excluding hydrogens is 329 g/mol. The number of carbonyl (C=O) groups is 2. The number of unbranched alkanes of at least 4 members (excludes halogenated alkanes) is 8. The molecule has 0 fully saturated rings. The molecule has 0 aromatic carbocycles. The van der Waals surface area contributed by atoms with Gasteiger partial charge < -0.3 is 14.8 Å². The van der Waals surface area contributed by atoms with Crippen molar-refractivity contribution in [3.63, 3.8) is 0 Å². The Bertz CT molecular complexity index is 346. The topological polar surface area (TPSA) is 60.4 Å². The number of carboxylic acid groups (broad SMARTS) is 1. The van der Waals surface area contributed by atoms with Gasteiger partial charge in [-0.1, -0.05) is 64.7 Å². The Hall–Kier alpha value is 0.576. The molecule has 0 rings (SSSR count). The predicted octanol–water partition coefficient (Wildman–Crippen LogP) is 0.536. The first kappa shape index (κ1) is 26.8. The van der Waals surface area contributed by atoms with E-state index in [0.717, 1.165) is 19.3 Å². The van der Waals surface area contributed by atoms with Gasteiger partial charge in [-0.15, -0.1) is 0 Å². The molecule has 1 unspecified atom stereocenters. The molecule has 0 saturated carbocycles. The molecule has 0 aromatic heterocycles. The van der Waals surface area contributed by atoms with Crippen LogP contribution in [0.2, 0.25) is 0 Å². The van der Waals surface area contributed by atoms with E-state index in [2.05, 4.69) is 6.92 Å². The van der Waals surface area contributed by atoms with E-state index in [4.69, 9.17) is 0 Å². The molecule has 5 heteroatoms. The first-order chi connectivity index (χ1) is 10.9. The zero-order valence-electron chi connectivity index (χ0n) is 16.7. The van der Waals surface area contributed by atoms with Crippen LogP contribution < -0.4 is 56.5 Å². The molecule has 0 N–H and O–H groups in total. The first-order valence-electron chi connectivity index (χ1n) is 9.44. The van der Waals surface area contributed by atoms with Gasteiger partial charge in [0.1, 0.15) is 0 Å². The summed E-state index contributed by atoms with van der Waals surface area (Å²) in [5.74, 6) is -1.55. The van der Waals surface area contributed by atoms with E-state index >= 15 is 0 Å². The fourth-order valence-electron chi connectivity index (χ4n) is 2.95. The summed E-state index contributed by atoms with van der Waals surface area (Å²) in [4.78, 5) is 25.5. The Morgan fingerprint density at radius 3 is 1.62 bits per heavy atom. The van der Waals surface area contributed by atoms with E-state index in [1.165, 1.54) is 45.4 Å². The van der Waals surface area contributed by atoms with Crippen LogP contribution in [0.15, 0.2) is 0 Å². The molecule has 4 nitrogen and oxygen atoms in total. The molecular formula is C19H36KNO3. The molecule has 1 atom stereocenters. The van der Waals surface area contributed by atoms with E-state index in [1.807, 2.05) is 13.8 Å². The molecule has 0 aliphatic carbocycles. The van der Waals surface area contributed by atoms with Gasteiger partial charge in [0.05, 0.1) is 11.4 Å². The standard InChI is InChI=1S/C19H37NO3.K/c1-5-8-9-10-11-12-13-14-15-16-19(4,18(22)23)17(21)20(6-2)7-3;/h5-16H2,1-4H3,(H,22,23);/q;+1/p-1. The van der Waals surface area contributed by atoms with E-state index < -0.39 is 11.4 Å². The van der Waals surface area contributed by atoms with Gasteiger partial charge in [0, 0.05) is 13.1 Å². The average Bonchev–Trinajstić information content (AvgIpc) is 2.53. The number of hydrogen-bond acceptors (Lipinski definition) is 3. The van der Waals surface area contributed by atoms with Gasteiger partial charge in [-0.05, 0) is 27.2 Å². The second-order valence-electron chi connectivity index (χ2n) is 6.68. The van der Waals surface area contributed by atoms with Gasteiger partial charge >= 0.3 is 51.4 Å².